The maximum absolute atomic E-state index is 11.9. The first-order valence-corrected chi connectivity index (χ1v) is 5.83. The Morgan fingerprint density at radius 3 is 2.61 bits per heavy atom. The summed E-state index contributed by atoms with van der Waals surface area (Å²) in [7, 11) is 0. The molecule has 2 fully saturated rings. The number of rotatable bonds is 2. The molecular weight excluding hydrogens is 240 g/mol. The fourth-order valence-electron chi connectivity index (χ4n) is 1.78. The van der Waals surface area contributed by atoms with E-state index in [2.05, 4.69) is 5.32 Å². The van der Waals surface area contributed by atoms with E-state index in [9.17, 15) is 14.4 Å². The highest BCUT2D eigenvalue weighted by Gasteiger charge is 2.37. The normalized spacial score (nSPS) is 23.4. The topological polar surface area (TPSA) is 114 Å². The molecule has 0 bridgehead atoms. The number of morpholine rings is 1. The molecule has 1 atom stereocenters. The van der Waals surface area contributed by atoms with Crippen molar-refractivity contribution in [3.8, 4) is 0 Å². The highest BCUT2D eigenvalue weighted by Crippen LogP contribution is 2.19. The third-order valence-corrected chi connectivity index (χ3v) is 2.94. The molecule has 100 valence electrons. The van der Waals surface area contributed by atoms with Crippen molar-refractivity contribution < 1.29 is 19.1 Å². The average Bonchev–Trinajstić information content (AvgIpc) is 3.20. The van der Waals surface area contributed by atoms with Gasteiger partial charge >= 0.3 is 11.8 Å². The minimum Gasteiger partial charge on any atom is -0.377 e. The third-order valence-electron chi connectivity index (χ3n) is 2.94. The summed E-state index contributed by atoms with van der Waals surface area (Å²) < 4.78 is 5.18. The van der Waals surface area contributed by atoms with Gasteiger partial charge in [0, 0.05) is 12.6 Å². The quantitative estimate of drug-likeness (QED) is 0.218. The molecule has 1 saturated heterocycles. The molecule has 1 heterocycles. The maximum atomic E-state index is 11.9. The number of hydrogen-bond donors (Lipinski definition) is 3. The Balaban J connectivity index is 2.02. The number of hydrogen-bond acceptors (Lipinski definition) is 5. The molecule has 3 amide bonds. The molecule has 1 saturated carbocycles. The zero-order valence-corrected chi connectivity index (χ0v) is 9.85. The van der Waals surface area contributed by atoms with Crippen molar-refractivity contribution in [2.45, 2.75) is 24.9 Å². The zero-order chi connectivity index (χ0) is 13.1. The number of nitrogens with one attached hydrogen (secondary N) is 2. The standard InChI is InChI=1S/C10H16N4O4/c11-13-9(16)10(17)14-3-4-18-5-7(14)8(15)12-6-1-2-6/h6-7H,1-5,11H2,(H,12,15)(H,13,16). The van der Waals surface area contributed by atoms with Crippen molar-refractivity contribution in [1.29, 1.82) is 0 Å². The molecule has 8 nitrogen and oxygen atoms in total. The van der Waals surface area contributed by atoms with Gasteiger partial charge in [-0.25, -0.2) is 5.84 Å². The lowest BCUT2D eigenvalue weighted by atomic mass is 10.2. The minimum absolute atomic E-state index is 0.0993. The summed E-state index contributed by atoms with van der Waals surface area (Å²) in [6, 6.07) is -0.566. The van der Waals surface area contributed by atoms with Crippen molar-refractivity contribution in [3.63, 3.8) is 0 Å². The van der Waals surface area contributed by atoms with Gasteiger partial charge < -0.3 is 15.0 Å². The average molecular weight is 256 g/mol. The van der Waals surface area contributed by atoms with Crippen LogP contribution in [0.25, 0.3) is 0 Å². The van der Waals surface area contributed by atoms with Gasteiger partial charge in [0.25, 0.3) is 0 Å². The predicted octanol–water partition coefficient (Wildman–Crippen LogP) is -2.52. The molecule has 1 aliphatic heterocycles. The molecule has 0 aromatic rings. The van der Waals surface area contributed by atoms with E-state index in [0.29, 0.717) is 6.61 Å². The molecule has 4 N–H and O–H groups in total. The van der Waals surface area contributed by atoms with Crippen LogP contribution in [0.3, 0.4) is 0 Å². The largest absolute Gasteiger partial charge is 0.377 e. The van der Waals surface area contributed by atoms with E-state index in [-0.39, 0.29) is 25.1 Å². The first-order chi connectivity index (χ1) is 8.63. The molecule has 8 heteroatoms. The lowest BCUT2D eigenvalue weighted by molar-refractivity contribution is -0.155. The van der Waals surface area contributed by atoms with E-state index in [1.165, 1.54) is 4.90 Å². The van der Waals surface area contributed by atoms with Gasteiger partial charge in [-0.3, -0.25) is 19.8 Å². The van der Waals surface area contributed by atoms with Crippen LogP contribution in [0, 0.1) is 0 Å². The van der Waals surface area contributed by atoms with Crippen LogP contribution in [0.15, 0.2) is 0 Å². The molecule has 0 aromatic carbocycles. The smallest absolute Gasteiger partial charge is 0.323 e. The van der Waals surface area contributed by atoms with Crippen molar-refractivity contribution in [3.05, 3.63) is 0 Å². The van der Waals surface area contributed by atoms with E-state index in [4.69, 9.17) is 10.6 Å². The van der Waals surface area contributed by atoms with Crippen LogP contribution in [-0.2, 0) is 19.1 Å². The van der Waals surface area contributed by atoms with E-state index < -0.39 is 17.9 Å². The van der Waals surface area contributed by atoms with Gasteiger partial charge in [0.2, 0.25) is 5.91 Å². The number of ether oxygens (including phenoxy) is 1. The molecular formula is C10H16N4O4. The Morgan fingerprint density at radius 2 is 2.00 bits per heavy atom. The summed E-state index contributed by atoms with van der Waals surface area (Å²) in [6.45, 7) is 0.605. The highest BCUT2D eigenvalue weighted by molar-refractivity contribution is 6.35. The van der Waals surface area contributed by atoms with Crippen LogP contribution >= 0.6 is 0 Å². The van der Waals surface area contributed by atoms with Crippen molar-refractivity contribution >= 4 is 17.7 Å². The molecule has 1 aliphatic carbocycles. The van der Waals surface area contributed by atoms with Gasteiger partial charge in [-0.15, -0.1) is 0 Å². The molecule has 2 aliphatic rings. The number of hydrazine groups is 1. The van der Waals surface area contributed by atoms with Gasteiger partial charge in [-0.2, -0.15) is 0 Å². The van der Waals surface area contributed by atoms with E-state index in [1.807, 2.05) is 0 Å². The highest BCUT2D eigenvalue weighted by atomic mass is 16.5. The lowest BCUT2D eigenvalue weighted by Gasteiger charge is -2.33. The fraction of sp³-hybridized carbons (Fsp3) is 0.700. The van der Waals surface area contributed by atoms with Crippen LogP contribution < -0.4 is 16.6 Å². The second-order valence-corrected chi connectivity index (χ2v) is 4.35. The maximum Gasteiger partial charge on any atom is 0.323 e. The van der Waals surface area contributed by atoms with Gasteiger partial charge in [0.1, 0.15) is 6.04 Å². The second-order valence-electron chi connectivity index (χ2n) is 4.35. The number of carbonyl (C=O) groups excluding carboxylic acids is 3. The molecule has 18 heavy (non-hydrogen) atoms. The molecule has 0 radical (unpaired) electrons. The predicted molar refractivity (Wildman–Crippen MR) is 59.8 cm³/mol. The molecule has 0 spiro atoms. The molecule has 2 rings (SSSR count). The summed E-state index contributed by atoms with van der Waals surface area (Å²) >= 11 is 0. The van der Waals surface area contributed by atoms with Crippen molar-refractivity contribution in [2.75, 3.05) is 19.8 Å². The van der Waals surface area contributed by atoms with Gasteiger partial charge in [-0.1, -0.05) is 0 Å². The number of amides is 3. The summed E-state index contributed by atoms with van der Waals surface area (Å²) in [5.74, 6) is 2.89. The third kappa shape index (κ3) is 2.77. The first kappa shape index (κ1) is 12.8. The van der Waals surface area contributed by atoms with Crippen LogP contribution in [0.4, 0.5) is 0 Å². The van der Waals surface area contributed by atoms with Gasteiger partial charge in [0.15, 0.2) is 0 Å². The van der Waals surface area contributed by atoms with Crippen LogP contribution in [0.5, 0.6) is 0 Å². The minimum atomic E-state index is -0.930. The Hall–Kier alpha value is -1.67. The summed E-state index contributed by atoms with van der Waals surface area (Å²) in [6.07, 6.45) is 1.91. The van der Waals surface area contributed by atoms with Crippen molar-refractivity contribution in [1.82, 2.24) is 15.6 Å². The van der Waals surface area contributed by atoms with Crippen molar-refractivity contribution in [2.24, 2.45) is 5.84 Å². The number of nitrogens with zero attached hydrogens (tertiary/aromatic N) is 1. The zero-order valence-electron chi connectivity index (χ0n) is 9.85. The fourth-order valence-corrected chi connectivity index (χ4v) is 1.78. The number of carbonyl (C=O) groups is 3. The SMILES string of the molecule is NNC(=O)C(=O)N1CCOCC1C(=O)NC1CC1. The Bertz CT molecular complexity index is 369. The van der Waals surface area contributed by atoms with Gasteiger partial charge in [0.05, 0.1) is 13.2 Å². The molecule has 0 aromatic heterocycles. The second kappa shape index (κ2) is 5.32. The Labute approximate surface area is 104 Å². The lowest BCUT2D eigenvalue weighted by Crippen LogP contribution is -2.59. The van der Waals surface area contributed by atoms with E-state index in [0.717, 1.165) is 12.8 Å². The molecule has 1 unspecified atom stereocenters. The number of nitrogens with two attached hydrogens (primary N) is 1. The van der Waals surface area contributed by atoms with Crippen LogP contribution in [0.1, 0.15) is 12.8 Å². The Morgan fingerprint density at radius 1 is 1.28 bits per heavy atom. The van der Waals surface area contributed by atoms with Gasteiger partial charge in [-0.05, 0) is 12.8 Å². The van der Waals surface area contributed by atoms with E-state index >= 15 is 0 Å². The van der Waals surface area contributed by atoms with Crippen LogP contribution in [-0.4, -0.2) is 54.5 Å². The monoisotopic (exact) mass is 256 g/mol. The Kier molecular flexibility index (Phi) is 3.78. The first-order valence-electron chi connectivity index (χ1n) is 5.83. The summed E-state index contributed by atoms with van der Waals surface area (Å²) in [4.78, 5) is 36.1. The van der Waals surface area contributed by atoms with E-state index in [1.54, 1.807) is 5.43 Å². The summed E-state index contributed by atoms with van der Waals surface area (Å²) in [5, 5.41) is 2.79. The summed E-state index contributed by atoms with van der Waals surface area (Å²) in [5.41, 5.74) is 1.77. The van der Waals surface area contributed by atoms with Crippen LogP contribution in [0.2, 0.25) is 0 Å².